The van der Waals surface area contributed by atoms with Crippen LogP contribution in [0, 0.1) is 0 Å². The summed E-state index contributed by atoms with van der Waals surface area (Å²) < 4.78 is 23.4. The second kappa shape index (κ2) is 4.43. The van der Waals surface area contributed by atoms with E-state index in [9.17, 15) is 8.42 Å². The zero-order chi connectivity index (χ0) is 12.6. The highest BCUT2D eigenvalue weighted by Gasteiger charge is 2.22. The number of hydrogen-bond acceptors (Lipinski definition) is 5. The zero-order valence-corrected chi connectivity index (χ0v) is 11.7. The van der Waals surface area contributed by atoms with E-state index in [2.05, 4.69) is 4.98 Å². The van der Waals surface area contributed by atoms with Gasteiger partial charge in [0.2, 0.25) is 0 Å². The van der Waals surface area contributed by atoms with Crippen LogP contribution < -0.4 is 5.73 Å². The minimum Gasteiger partial charge on any atom is -0.321 e. The number of aromatic nitrogens is 1. The van der Waals surface area contributed by atoms with Crippen molar-refractivity contribution in [1.82, 2.24) is 4.98 Å². The van der Waals surface area contributed by atoms with Gasteiger partial charge in [0.05, 0.1) is 5.25 Å². The fourth-order valence-corrected chi connectivity index (χ4v) is 3.22. The lowest BCUT2D eigenvalue weighted by Crippen LogP contribution is -2.27. The van der Waals surface area contributed by atoms with Gasteiger partial charge in [-0.3, -0.25) is 0 Å². The van der Waals surface area contributed by atoms with Crippen LogP contribution in [0.3, 0.4) is 0 Å². The van der Waals surface area contributed by atoms with Crippen molar-refractivity contribution in [2.24, 2.45) is 5.73 Å². The van der Waals surface area contributed by atoms with Gasteiger partial charge in [0.25, 0.3) is 0 Å². The van der Waals surface area contributed by atoms with E-state index in [1.54, 1.807) is 20.0 Å². The molecule has 6 heteroatoms. The van der Waals surface area contributed by atoms with E-state index >= 15 is 0 Å². The lowest BCUT2D eigenvalue weighted by molar-refractivity contribution is 0.566. The van der Waals surface area contributed by atoms with E-state index in [0.29, 0.717) is 5.01 Å². The molecule has 0 fully saturated rings. The maximum atomic E-state index is 11.7. The smallest absolute Gasteiger partial charge is 0.159 e. The van der Waals surface area contributed by atoms with Crippen molar-refractivity contribution < 1.29 is 8.42 Å². The molecule has 0 atom stereocenters. The molecule has 0 saturated heterocycles. The third-order valence-electron chi connectivity index (χ3n) is 2.23. The highest BCUT2D eigenvalue weighted by atomic mass is 32.2. The molecule has 16 heavy (non-hydrogen) atoms. The average molecular weight is 262 g/mol. The van der Waals surface area contributed by atoms with Gasteiger partial charge in [-0.15, -0.1) is 11.3 Å². The maximum absolute atomic E-state index is 11.7. The van der Waals surface area contributed by atoms with Crippen LogP contribution in [0.1, 0.15) is 37.6 Å². The largest absolute Gasteiger partial charge is 0.321 e. The highest BCUT2D eigenvalue weighted by molar-refractivity contribution is 7.91. The molecule has 0 aliphatic carbocycles. The molecule has 1 aromatic rings. The Balaban J connectivity index is 2.90. The highest BCUT2D eigenvalue weighted by Crippen LogP contribution is 2.25. The predicted octanol–water partition coefficient (Wildman–Crippen LogP) is 1.66. The van der Waals surface area contributed by atoms with Gasteiger partial charge in [-0.2, -0.15) is 0 Å². The molecule has 1 heterocycles. The van der Waals surface area contributed by atoms with Gasteiger partial charge >= 0.3 is 0 Å². The topological polar surface area (TPSA) is 73.0 Å². The van der Waals surface area contributed by atoms with Crippen LogP contribution in [0.4, 0.5) is 0 Å². The van der Waals surface area contributed by atoms with Gasteiger partial charge in [-0.25, -0.2) is 13.4 Å². The standard InChI is InChI=1S/C10H18N2O2S2/c1-7(2)16(13,14)6-9-12-5-8(15-9)10(3,4)11/h5,7H,6,11H2,1-4H3. The normalized spacial score (nSPS) is 13.4. The van der Waals surface area contributed by atoms with Gasteiger partial charge in [-0.1, -0.05) is 0 Å². The molecule has 0 aliphatic rings. The number of nitrogens with zero attached hydrogens (tertiary/aromatic N) is 1. The van der Waals surface area contributed by atoms with Crippen molar-refractivity contribution in [3.8, 4) is 0 Å². The summed E-state index contributed by atoms with van der Waals surface area (Å²) in [5.74, 6) is 0.00537. The van der Waals surface area contributed by atoms with Crippen molar-refractivity contribution in [3.63, 3.8) is 0 Å². The average Bonchev–Trinajstić information content (AvgIpc) is 2.50. The fraction of sp³-hybridized carbons (Fsp3) is 0.700. The molecule has 0 spiro atoms. The summed E-state index contributed by atoms with van der Waals surface area (Å²) in [4.78, 5) is 5.01. The van der Waals surface area contributed by atoms with E-state index in [1.165, 1.54) is 11.3 Å². The lowest BCUT2D eigenvalue weighted by atomic mass is 10.1. The second-order valence-corrected chi connectivity index (χ2v) is 8.37. The predicted molar refractivity (Wildman–Crippen MR) is 67.1 cm³/mol. The van der Waals surface area contributed by atoms with Crippen LogP contribution in [0.25, 0.3) is 0 Å². The number of rotatable bonds is 4. The first-order valence-electron chi connectivity index (χ1n) is 5.08. The summed E-state index contributed by atoms with van der Waals surface area (Å²) in [6.07, 6.45) is 1.66. The SMILES string of the molecule is CC(C)S(=O)(=O)Cc1ncc(C(C)(C)N)s1. The van der Waals surface area contributed by atoms with Gasteiger partial charge < -0.3 is 5.73 Å². The van der Waals surface area contributed by atoms with Gasteiger partial charge in [0.15, 0.2) is 9.84 Å². The van der Waals surface area contributed by atoms with Crippen LogP contribution >= 0.6 is 11.3 Å². The Morgan fingerprint density at radius 1 is 1.50 bits per heavy atom. The quantitative estimate of drug-likeness (QED) is 0.895. The van der Waals surface area contributed by atoms with E-state index in [-0.39, 0.29) is 11.0 Å². The number of thiazole rings is 1. The number of hydrogen-bond donors (Lipinski definition) is 1. The molecule has 92 valence electrons. The van der Waals surface area contributed by atoms with Crippen molar-refractivity contribution in [2.75, 3.05) is 0 Å². The van der Waals surface area contributed by atoms with Crippen LogP contribution in [0.15, 0.2) is 6.20 Å². The van der Waals surface area contributed by atoms with Crippen LogP contribution in [0.5, 0.6) is 0 Å². The summed E-state index contributed by atoms with van der Waals surface area (Å²) in [6.45, 7) is 7.11. The molecule has 1 aromatic heterocycles. The molecule has 0 unspecified atom stereocenters. The zero-order valence-electron chi connectivity index (χ0n) is 10.0. The Labute approximate surface area is 101 Å². The van der Waals surface area contributed by atoms with E-state index < -0.39 is 15.4 Å². The fourth-order valence-electron chi connectivity index (χ4n) is 1.01. The summed E-state index contributed by atoms with van der Waals surface area (Å²) in [7, 11) is -3.08. The summed E-state index contributed by atoms with van der Waals surface area (Å²) in [5.41, 5.74) is 5.45. The first-order chi connectivity index (χ1) is 7.13. The van der Waals surface area contributed by atoms with E-state index in [0.717, 1.165) is 4.88 Å². The molecule has 2 N–H and O–H groups in total. The Morgan fingerprint density at radius 2 is 2.06 bits per heavy atom. The minimum absolute atomic E-state index is 0.00537. The minimum atomic E-state index is -3.08. The molecule has 0 aliphatic heterocycles. The molecule has 0 saturated carbocycles. The number of sulfone groups is 1. The van der Waals surface area contributed by atoms with E-state index in [4.69, 9.17) is 5.73 Å². The third kappa shape index (κ3) is 3.26. The van der Waals surface area contributed by atoms with Crippen LogP contribution in [-0.2, 0) is 21.1 Å². The van der Waals surface area contributed by atoms with Gasteiger partial charge in [0, 0.05) is 16.6 Å². The Hall–Kier alpha value is -0.460. The van der Waals surface area contributed by atoms with Crippen molar-refractivity contribution in [1.29, 1.82) is 0 Å². The Kier molecular flexibility index (Phi) is 3.76. The molecule has 0 amide bonds. The molecule has 1 rings (SSSR count). The third-order valence-corrected chi connectivity index (χ3v) is 5.86. The Bertz CT molecular complexity index is 455. The number of nitrogens with two attached hydrogens (primary N) is 1. The first-order valence-corrected chi connectivity index (χ1v) is 7.62. The van der Waals surface area contributed by atoms with E-state index in [1.807, 2.05) is 13.8 Å². The van der Waals surface area contributed by atoms with Crippen LogP contribution in [0.2, 0.25) is 0 Å². The van der Waals surface area contributed by atoms with Gasteiger partial charge in [-0.05, 0) is 27.7 Å². The van der Waals surface area contributed by atoms with Crippen molar-refractivity contribution in [2.45, 2.75) is 44.2 Å². The molecular formula is C10H18N2O2S2. The monoisotopic (exact) mass is 262 g/mol. The Morgan fingerprint density at radius 3 is 2.44 bits per heavy atom. The molecule has 0 bridgehead atoms. The van der Waals surface area contributed by atoms with Crippen molar-refractivity contribution >= 4 is 21.2 Å². The summed E-state index contributed by atoms with van der Waals surface area (Å²) >= 11 is 1.37. The van der Waals surface area contributed by atoms with Crippen molar-refractivity contribution in [3.05, 3.63) is 16.1 Å². The molecule has 4 nitrogen and oxygen atoms in total. The first kappa shape index (κ1) is 13.6. The molecule has 0 radical (unpaired) electrons. The van der Waals surface area contributed by atoms with Gasteiger partial charge in [0.1, 0.15) is 10.8 Å². The molecule has 0 aromatic carbocycles. The maximum Gasteiger partial charge on any atom is 0.159 e. The lowest BCUT2D eigenvalue weighted by Gasteiger charge is -2.14. The molecular weight excluding hydrogens is 244 g/mol. The summed E-state index contributed by atoms with van der Waals surface area (Å²) in [6, 6.07) is 0. The summed E-state index contributed by atoms with van der Waals surface area (Å²) in [5, 5.41) is 0.243. The van der Waals surface area contributed by atoms with Crippen LogP contribution in [-0.4, -0.2) is 18.7 Å². The second-order valence-electron chi connectivity index (χ2n) is 4.70.